The molecule has 1 amide bonds. The van der Waals surface area contributed by atoms with E-state index in [2.05, 4.69) is 4.74 Å². The summed E-state index contributed by atoms with van der Waals surface area (Å²) in [6.07, 6.45) is 0.234. The van der Waals surface area contributed by atoms with Gasteiger partial charge in [-0.05, 0) is 6.92 Å². The Hall–Kier alpha value is -1.14. The fourth-order valence-electron chi connectivity index (χ4n) is 1.22. The number of methoxy groups -OCH3 is 2. The standard InChI is InChI=1S/C10H20N2O4/c1-8(10(11)14)12(6-7-15-2)5-4-9(13)16-3/h8H,4-7H2,1-3H3,(H2,11,14). The first-order valence-electron chi connectivity index (χ1n) is 5.12. The molecule has 0 aromatic heterocycles. The smallest absolute Gasteiger partial charge is 0.306 e. The number of ether oxygens (including phenoxy) is 2. The first kappa shape index (κ1) is 14.9. The van der Waals surface area contributed by atoms with Gasteiger partial charge < -0.3 is 15.2 Å². The van der Waals surface area contributed by atoms with Crippen LogP contribution in [0.25, 0.3) is 0 Å². The zero-order valence-electron chi connectivity index (χ0n) is 10.1. The Morgan fingerprint density at radius 2 is 1.94 bits per heavy atom. The molecule has 6 nitrogen and oxygen atoms in total. The molecule has 0 aliphatic rings. The molecule has 0 saturated heterocycles. The van der Waals surface area contributed by atoms with Crippen molar-refractivity contribution < 1.29 is 19.1 Å². The normalized spacial score (nSPS) is 12.5. The zero-order valence-corrected chi connectivity index (χ0v) is 10.1. The van der Waals surface area contributed by atoms with Crippen LogP contribution in [0, 0.1) is 0 Å². The molecule has 2 N–H and O–H groups in total. The Morgan fingerprint density at radius 3 is 2.38 bits per heavy atom. The van der Waals surface area contributed by atoms with E-state index in [4.69, 9.17) is 10.5 Å². The fourth-order valence-corrected chi connectivity index (χ4v) is 1.22. The fraction of sp³-hybridized carbons (Fsp3) is 0.800. The second kappa shape index (κ2) is 8.06. The number of primary amides is 1. The van der Waals surface area contributed by atoms with Gasteiger partial charge in [-0.3, -0.25) is 14.5 Å². The summed E-state index contributed by atoms with van der Waals surface area (Å²) in [6.45, 7) is 3.17. The number of rotatable bonds is 8. The molecule has 0 aromatic rings. The van der Waals surface area contributed by atoms with E-state index in [1.54, 1.807) is 18.9 Å². The van der Waals surface area contributed by atoms with Gasteiger partial charge in [-0.25, -0.2) is 0 Å². The van der Waals surface area contributed by atoms with Crippen LogP contribution < -0.4 is 5.73 Å². The Labute approximate surface area is 95.7 Å². The van der Waals surface area contributed by atoms with Crippen molar-refractivity contribution in [2.75, 3.05) is 33.9 Å². The maximum Gasteiger partial charge on any atom is 0.306 e. The van der Waals surface area contributed by atoms with E-state index in [1.807, 2.05) is 0 Å². The van der Waals surface area contributed by atoms with Crippen molar-refractivity contribution in [2.24, 2.45) is 5.73 Å². The van der Waals surface area contributed by atoms with Crippen LogP contribution in [0.1, 0.15) is 13.3 Å². The van der Waals surface area contributed by atoms with Crippen molar-refractivity contribution in [3.05, 3.63) is 0 Å². The van der Waals surface area contributed by atoms with Gasteiger partial charge in [0.25, 0.3) is 0 Å². The summed E-state index contributed by atoms with van der Waals surface area (Å²) in [7, 11) is 2.91. The lowest BCUT2D eigenvalue weighted by molar-refractivity contribution is -0.141. The summed E-state index contributed by atoms with van der Waals surface area (Å²) in [5.41, 5.74) is 5.21. The van der Waals surface area contributed by atoms with Crippen LogP contribution in [0.2, 0.25) is 0 Å². The number of carbonyl (C=O) groups excluding carboxylic acids is 2. The summed E-state index contributed by atoms with van der Waals surface area (Å²) in [6, 6.07) is -0.417. The van der Waals surface area contributed by atoms with E-state index in [0.717, 1.165) is 0 Å². The number of carbonyl (C=O) groups is 2. The third kappa shape index (κ3) is 5.67. The predicted molar refractivity (Wildman–Crippen MR) is 58.7 cm³/mol. The van der Waals surface area contributed by atoms with Crippen molar-refractivity contribution in [1.82, 2.24) is 4.90 Å². The Bertz CT molecular complexity index is 233. The van der Waals surface area contributed by atoms with Crippen LogP contribution in [0.4, 0.5) is 0 Å². The molecule has 6 heteroatoms. The minimum atomic E-state index is -0.417. The molecule has 16 heavy (non-hydrogen) atoms. The van der Waals surface area contributed by atoms with Gasteiger partial charge in [0.1, 0.15) is 0 Å². The van der Waals surface area contributed by atoms with Gasteiger partial charge in [-0.1, -0.05) is 0 Å². The minimum absolute atomic E-state index is 0.234. The molecule has 0 aliphatic heterocycles. The molecule has 0 fully saturated rings. The van der Waals surface area contributed by atoms with Crippen molar-refractivity contribution in [3.8, 4) is 0 Å². The molecule has 0 saturated carbocycles. The molecule has 0 radical (unpaired) electrons. The molecular weight excluding hydrogens is 212 g/mol. The zero-order chi connectivity index (χ0) is 12.6. The van der Waals surface area contributed by atoms with Crippen LogP contribution in [0.3, 0.4) is 0 Å². The average Bonchev–Trinajstić information content (AvgIpc) is 2.27. The number of esters is 1. The summed E-state index contributed by atoms with van der Waals surface area (Å²) in [5, 5.41) is 0. The van der Waals surface area contributed by atoms with E-state index >= 15 is 0 Å². The highest BCUT2D eigenvalue weighted by molar-refractivity contribution is 5.79. The van der Waals surface area contributed by atoms with Crippen molar-refractivity contribution in [3.63, 3.8) is 0 Å². The molecular formula is C10H20N2O4. The van der Waals surface area contributed by atoms with Gasteiger partial charge in [0.05, 0.1) is 26.2 Å². The van der Waals surface area contributed by atoms with Crippen LogP contribution in [-0.4, -0.2) is 56.7 Å². The first-order valence-corrected chi connectivity index (χ1v) is 5.12. The number of hydrogen-bond donors (Lipinski definition) is 1. The van der Waals surface area contributed by atoms with Crippen LogP contribution in [-0.2, 0) is 19.1 Å². The molecule has 0 bridgehead atoms. The Balaban J connectivity index is 4.19. The number of nitrogens with zero attached hydrogens (tertiary/aromatic N) is 1. The van der Waals surface area contributed by atoms with Gasteiger partial charge in [-0.15, -0.1) is 0 Å². The van der Waals surface area contributed by atoms with Crippen molar-refractivity contribution in [1.29, 1.82) is 0 Å². The summed E-state index contributed by atoms with van der Waals surface area (Å²) < 4.78 is 9.46. The largest absolute Gasteiger partial charge is 0.469 e. The summed E-state index contributed by atoms with van der Waals surface area (Å²) >= 11 is 0. The predicted octanol–water partition coefficient (Wildman–Crippen LogP) is -0.628. The monoisotopic (exact) mass is 232 g/mol. The second-order valence-corrected chi connectivity index (χ2v) is 3.43. The van der Waals surface area contributed by atoms with Gasteiger partial charge in [0, 0.05) is 20.2 Å². The van der Waals surface area contributed by atoms with Crippen LogP contribution >= 0.6 is 0 Å². The van der Waals surface area contributed by atoms with Gasteiger partial charge in [0.2, 0.25) is 5.91 Å². The highest BCUT2D eigenvalue weighted by atomic mass is 16.5. The minimum Gasteiger partial charge on any atom is -0.469 e. The lowest BCUT2D eigenvalue weighted by atomic mass is 10.2. The maximum absolute atomic E-state index is 11.0. The second-order valence-electron chi connectivity index (χ2n) is 3.43. The molecule has 0 heterocycles. The Kier molecular flexibility index (Phi) is 7.49. The van der Waals surface area contributed by atoms with Crippen LogP contribution in [0.5, 0.6) is 0 Å². The number of nitrogens with two attached hydrogens (primary N) is 1. The van der Waals surface area contributed by atoms with E-state index in [0.29, 0.717) is 19.7 Å². The topological polar surface area (TPSA) is 81.9 Å². The van der Waals surface area contributed by atoms with Crippen LogP contribution in [0.15, 0.2) is 0 Å². The van der Waals surface area contributed by atoms with E-state index in [1.165, 1.54) is 7.11 Å². The van der Waals surface area contributed by atoms with Crippen molar-refractivity contribution in [2.45, 2.75) is 19.4 Å². The molecule has 0 aliphatic carbocycles. The maximum atomic E-state index is 11.0. The van der Waals surface area contributed by atoms with E-state index in [9.17, 15) is 9.59 Å². The average molecular weight is 232 g/mol. The molecule has 1 unspecified atom stereocenters. The number of hydrogen-bond acceptors (Lipinski definition) is 5. The van der Waals surface area contributed by atoms with E-state index in [-0.39, 0.29) is 12.4 Å². The quantitative estimate of drug-likeness (QED) is 0.564. The third-order valence-corrected chi connectivity index (χ3v) is 2.37. The highest BCUT2D eigenvalue weighted by Crippen LogP contribution is 2.01. The van der Waals surface area contributed by atoms with Gasteiger partial charge >= 0.3 is 5.97 Å². The van der Waals surface area contributed by atoms with Gasteiger partial charge in [0.15, 0.2) is 0 Å². The summed E-state index contributed by atoms with van der Waals surface area (Å²) in [4.78, 5) is 23.8. The summed E-state index contributed by atoms with van der Waals surface area (Å²) in [5.74, 6) is -0.722. The third-order valence-electron chi connectivity index (χ3n) is 2.37. The molecule has 0 rings (SSSR count). The lowest BCUT2D eigenvalue weighted by Gasteiger charge is -2.25. The lowest BCUT2D eigenvalue weighted by Crippen LogP contribution is -2.45. The highest BCUT2D eigenvalue weighted by Gasteiger charge is 2.19. The van der Waals surface area contributed by atoms with Crippen molar-refractivity contribution >= 4 is 11.9 Å². The van der Waals surface area contributed by atoms with E-state index < -0.39 is 11.9 Å². The SMILES string of the molecule is COCCN(CCC(=O)OC)C(C)C(N)=O. The van der Waals surface area contributed by atoms with Gasteiger partial charge in [-0.2, -0.15) is 0 Å². The Morgan fingerprint density at radius 1 is 1.31 bits per heavy atom. The first-order chi connectivity index (χ1) is 7.52. The number of amides is 1. The molecule has 94 valence electrons. The molecule has 1 atom stereocenters. The molecule has 0 spiro atoms. The molecule has 0 aromatic carbocycles.